The summed E-state index contributed by atoms with van der Waals surface area (Å²) in [4.78, 5) is 19.4. The maximum atomic E-state index is 12.8. The van der Waals surface area contributed by atoms with Crippen molar-refractivity contribution in [2.24, 2.45) is 11.8 Å². The summed E-state index contributed by atoms with van der Waals surface area (Å²) < 4.78 is 76.1. The molecule has 0 aromatic heterocycles. The lowest BCUT2D eigenvalue weighted by atomic mass is 10.0. The molecule has 3 heterocycles. The van der Waals surface area contributed by atoms with E-state index >= 15 is 0 Å². The highest BCUT2D eigenvalue weighted by molar-refractivity contribution is 8.00. The number of amides is 1. The highest BCUT2D eigenvalue weighted by Crippen LogP contribution is 2.38. The maximum Gasteiger partial charge on any atom is 0.446 e. The van der Waals surface area contributed by atoms with E-state index in [1.165, 1.54) is 12.1 Å². The molecule has 3 aliphatic heterocycles. The van der Waals surface area contributed by atoms with Crippen molar-refractivity contribution in [2.75, 3.05) is 56.0 Å². The lowest BCUT2D eigenvalue weighted by Crippen LogP contribution is -2.42. The number of likely N-dealkylation sites (tertiary alicyclic amines) is 2. The van der Waals surface area contributed by atoms with Gasteiger partial charge in [0, 0.05) is 68.0 Å². The van der Waals surface area contributed by atoms with Crippen molar-refractivity contribution in [1.29, 1.82) is 0 Å². The predicted octanol–water partition coefficient (Wildman–Crippen LogP) is 6.57. The molecule has 0 bridgehead atoms. The number of rotatable bonds is 8. The minimum absolute atomic E-state index is 0.128. The molecular formula is C29H34F6N4OS. The Morgan fingerprint density at radius 1 is 0.854 bits per heavy atom. The Hall–Kier alpha value is -2.60. The smallest absolute Gasteiger partial charge is 0.382 e. The second-order valence-corrected chi connectivity index (χ2v) is 12.3. The molecule has 12 heteroatoms. The first-order valence-electron chi connectivity index (χ1n) is 14.0. The molecule has 3 fully saturated rings. The van der Waals surface area contributed by atoms with Crippen LogP contribution in [0.5, 0.6) is 0 Å². The van der Waals surface area contributed by atoms with Crippen LogP contribution in [0.3, 0.4) is 0 Å². The first kappa shape index (κ1) is 29.9. The van der Waals surface area contributed by atoms with Gasteiger partial charge in [-0.2, -0.15) is 26.3 Å². The van der Waals surface area contributed by atoms with Gasteiger partial charge < -0.3 is 20.0 Å². The van der Waals surface area contributed by atoms with Crippen molar-refractivity contribution in [1.82, 2.24) is 9.80 Å². The van der Waals surface area contributed by atoms with Gasteiger partial charge in [-0.05, 0) is 97.9 Å². The molecule has 1 amide bonds. The number of nitrogens with zero attached hydrogens (tertiary/aromatic N) is 3. The lowest BCUT2D eigenvalue weighted by Gasteiger charge is -2.33. The number of carbonyl (C=O) groups is 1. The van der Waals surface area contributed by atoms with E-state index in [1.807, 2.05) is 4.90 Å². The molecule has 1 N–H and O–H groups in total. The number of benzene rings is 2. The van der Waals surface area contributed by atoms with Gasteiger partial charge in [0.15, 0.2) is 0 Å². The molecule has 2 unspecified atom stereocenters. The Balaban J connectivity index is 0.975. The lowest BCUT2D eigenvalue weighted by molar-refractivity contribution is -0.137. The molecule has 2 aromatic carbocycles. The van der Waals surface area contributed by atoms with Gasteiger partial charge >= 0.3 is 11.7 Å². The Morgan fingerprint density at radius 3 is 2.02 bits per heavy atom. The van der Waals surface area contributed by atoms with Gasteiger partial charge in [-0.15, -0.1) is 0 Å². The van der Waals surface area contributed by atoms with Crippen LogP contribution < -0.4 is 10.2 Å². The number of halogens is 6. The predicted molar refractivity (Wildman–Crippen MR) is 148 cm³/mol. The van der Waals surface area contributed by atoms with Crippen molar-refractivity contribution in [3.05, 3.63) is 54.1 Å². The van der Waals surface area contributed by atoms with Crippen LogP contribution in [0.2, 0.25) is 0 Å². The maximum absolute atomic E-state index is 12.8. The molecule has 0 radical (unpaired) electrons. The fraction of sp³-hybridized carbons (Fsp3) is 0.552. The number of hydrogen-bond acceptors (Lipinski definition) is 5. The summed E-state index contributed by atoms with van der Waals surface area (Å²) in [5, 5.41) is 3.37. The third-order valence-corrected chi connectivity index (χ3v) is 9.03. The highest BCUT2D eigenvalue weighted by atomic mass is 32.2. The van der Waals surface area contributed by atoms with Crippen molar-refractivity contribution in [3.8, 4) is 0 Å². The average molecular weight is 601 g/mol. The Kier molecular flexibility index (Phi) is 8.98. The molecule has 2 aromatic rings. The Morgan fingerprint density at radius 2 is 1.46 bits per heavy atom. The van der Waals surface area contributed by atoms with Crippen LogP contribution in [-0.4, -0.2) is 73.1 Å². The molecule has 5 nitrogen and oxygen atoms in total. The zero-order valence-electron chi connectivity index (χ0n) is 22.6. The van der Waals surface area contributed by atoms with E-state index in [0.29, 0.717) is 31.3 Å². The summed E-state index contributed by atoms with van der Waals surface area (Å²) >= 11 is -0.128. The number of nitrogens with one attached hydrogen (secondary N) is 1. The summed E-state index contributed by atoms with van der Waals surface area (Å²) in [5.74, 6) is 1.13. The fourth-order valence-corrected chi connectivity index (χ4v) is 6.76. The molecule has 0 saturated carbocycles. The van der Waals surface area contributed by atoms with Crippen molar-refractivity contribution in [2.45, 2.75) is 48.3 Å². The molecule has 41 heavy (non-hydrogen) atoms. The number of piperidine rings is 1. The van der Waals surface area contributed by atoms with E-state index in [0.717, 1.165) is 75.5 Å². The van der Waals surface area contributed by atoms with E-state index < -0.39 is 17.2 Å². The first-order valence-corrected chi connectivity index (χ1v) is 14.8. The summed E-state index contributed by atoms with van der Waals surface area (Å²) in [6.07, 6.45) is -1.46. The van der Waals surface area contributed by atoms with Gasteiger partial charge in [0.25, 0.3) is 0 Å². The number of fused-ring (bicyclic) bond motifs is 1. The van der Waals surface area contributed by atoms with Crippen molar-refractivity contribution >= 4 is 29.0 Å². The van der Waals surface area contributed by atoms with Crippen LogP contribution in [0.4, 0.5) is 37.7 Å². The topological polar surface area (TPSA) is 38.8 Å². The Bertz CT molecular complexity index is 1150. The summed E-state index contributed by atoms with van der Waals surface area (Å²) in [6.45, 7) is 5.75. The number of hydrogen-bond donors (Lipinski definition) is 1. The molecule has 3 saturated heterocycles. The molecule has 5 rings (SSSR count). The first-order chi connectivity index (χ1) is 19.4. The van der Waals surface area contributed by atoms with Crippen LogP contribution in [0.15, 0.2) is 53.4 Å². The minimum Gasteiger partial charge on any atom is -0.382 e. The van der Waals surface area contributed by atoms with Gasteiger partial charge in [-0.1, -0.05) is 0 Å². The fourth-order valence-electron chi connectivity index (χ4n) is 6.22. The number of alkyl halides is 6. The van der Waals surface area contributed by atoms with Crippen LogP contribution in [0.1, 0.15) is 31.2 Å². The number of thioether (sulfide) groups is 1. The molecule has 2 atom stereocenters. The molecular weight excluding hydrogens is 566 g/mol. The highest BCUT2D eigenvalue weighted by Gasteiger charge is 2.40. The van der Waals surface area contributed by atoms with Gasteiger partial charge in [-0.3, -0.25) is 4.79 Å². The van der Waals surface area contributed by atoms with Gasteiger partial charge in [0.2, 0.25) is 5.91 Å². The number of carbonyl (C=O) groups excluding carboxylic acids is 1. The third-order valence-electron chi connectivity index (χ3n) is 8.29. The van der Waals surface area contributed by atoms with E-state index in [2.05, 4.69) is 15.1 Å². The van der Waals surface area contributed by atoms with E-state index in [4.69, 9.17) is 0 Å². The van der Waals surface area contributed by atoms with Crippen molar-refractivity contribution in [3.63, 3.8) is 0 Å². The van der Waals surface area contributed by atoms with Crippen molar-refractivity contribution < 1.29 is 31.1 Å². The average Bonchev–Trinajstić information content (AvgIpc) is 3.48. The van der Waals surface area contributed by atoms with Crippen LogP contribution in [-0.2, 0) is 11.0 Å². The van der Waals surface area contributed by atoms with Gasteiger partial charge in [-0.25, -0.2) is 0 Å². The van der Waals surface area contributed by atoms with E-state index in [-0.39, 0.29) is 28.6 Å². The normalized spacial score (nSPS) is 22.3. The van der Waals surface area contributed by atoms with Gasteiger partial charge in [0.05, 0.1) is 5.56 Å². The second-order valence-electron chi connectivity index (χ2n) is 11.2. The summed E-state index contributed by atoms with van der Waals surface area (Å²) in [6, 6.07) is 11.8. The van der Waals surface area contributed by atoms with E-state index in [1.54, 1.807) is 24.3 Å². The molecule has 3 aliphatic rings. The minimum atomic E-state index is -4.32. The van der Waals surface area contributed by atoms with Gasteiger partial charge in [0.1, 0.15) is 0 Å². The third kappa shape index (κ3) is 8.03. The molecule has 0 aliphatic carbocycles. The number of anilines is 2. The largest absolute Gasteiger partial charge is 0.446 e. The SMILES string of the molecule is O=C(CCCN1CC2CN(c3ccc(C(F)(F)F)cc3)CC2C1)N1CCC(Nc2ccc(SC(F)(F)F)cc2)CC1. The van der Waals surface area contributed by atoms with Crippen LogP contribution in [0.25, 0.3) is 0 Å². The quantitative estimate of drug-likeness (QED) is 0.274. The summed E-state index contributed by atoms with van der Waals surface area (Å²) in [7, 11) is 0. The zero-order valence-corrected chi connectivity index (χ0v) is 23.4. The Labute approximate surface area is 240 Å². The zero-order chi connectivity index (χ0) is 29.2. The molecule has 224 valence electrons. The second kappa shape index (κ2) is 12.3. The summed E-state index contributed by atoms with van der Waals surface area (Å²) in [5.41, 5.74) is -3.32. The van der Waals surface area contributed by atoms with E-state index in [9.17, 15) is 31.1 Å². The van der Waals surface area contributed by atoms with Crippen LogP contribution >= 0.6 is 11.8 Å². The van der Waals surface area contributed by atoms with Crippen LogP contribution in [0, 0.1) is 11.8 Å². The molecule has 0 spiro atoms. The standard InChI is InChI=1S/C29H34F6N4OS/c30-28(31,32)22-3-7-25(8-4-22)39-18-20-16-37(17-21(20)19-39)13-1-2-27(40)38-14-11-24(12-15-38)36-23-5-9-26(10-6-23)41-29(33,34)35/h3-10,20-21,24,36H,1-2,11-19H2. The monoisotopic (exact) mass is 600 g/mol.